The molecule has 0 aliphatic carbocycles. The van der Waals surface area contributed by atoms with Crippen molar-refractivity contribution in [3.8, 4) is 0 Å². The number of guanidine groups is 1. The van der Waals surface area contributed by atoms with Crippen molar-refractivity contribution in [1.29, 1.82) is 0 Å². The van der Waals surface area contributed by atoms with E-state index in [0.29, 0.717) is 42.3 Å². The number of sulfonamides is 1. The molecule has 2 fully saturated rings. The monoisotopic (exact) mass is 378 g/mol. The Labute approximate surface area is 157 Å². The Morgan fingerprint density at radius 1 is 1.15 bits per heavy atom. The van der Waals surface area contributed by atoms with Crippen LogP contribution in [-0.4, -0.2) is 56.3 Å². The molecule has 6 nitrogen and oxygen atoms in total. The number of benzene rings is 1. The molecule has 144 valence electrons. The highest BCUT2D eigenvalue weighted by molar-refractivity contribution is 7.89. The summed E-state index contributed by atoms with van der Waals surface area (Å²) in [4.78, 5) is 7.16. The molecule has 0 amide bonds. The molecule has 2 N–H and O–H groups in total. The van der Waals surface area contributed by atoms with Gasteiger partial charge < -0.3 is 10.6 Å². The molecule has 1 aromatic carbocycles. The topological polar surface area (TPSA) is 79.0 Å². The summed E-state index contributed by atoms with van der Waals surface area (Å²) in [5.41, 5.74) is 6.17. The maximum absolute atomic E-state index is 12.7. The van der Waals surface area contributed by atoms with Gasteiger partial charge in [-0.2, -0.15) is 4.31 Å². The van der Waals surface area contributed by atoms with Crippen molar-refractivity contribution in [3.05, 3.63) is 30.3 Å². The molecule has 0 spiro atoms. The van der Waals surface area contributed by atoms with Gasteiger partial charge in [0.15, 0.2) is 5.96 Å². The molecule has 2 aliphatic rings. The zero-order valence-electron chi connectivity index (χ0n) is 15.5. The van der Waals surface area contributed by atoms with E-state index in [2.05, 4.69) is 16.8 Å². The number of likely N-dealkylation sites (tertiary alicyclic amines) is 1. The fourth-order valence-electron chi connectivity index (χ4n) is 3.79. The summed E-state index contributed by atoms with van der Waals surface area (Å²) >= 11 is 0. The van der Waals surface area contributed by atoms with Gasteiger partial charge in [0.2, 0.25) is 10.0 Å². The molecular weight excluding hydrogens is 348 g/mol. The normalized spacial score (nSPS) is 24.0. The third kappa shape index (κ3) is 4.57. The minimum Gasteiger partial charge on any atom is -0.370 e. The third-order valence-electron chi connectivity index (χ3n) is 5.45. The van der Waals surface area contributed by atoms with Crippen molar-refractivity contribution in [2.45, 2.75) is 37.5 Å². The van der Waals surface area contributed by atoms with Crippen molar-refractivity contribution in [2.24, 2.45) is 22.6 Å². The van der Waals surface area contributed by atoms with Gasteiger partial charge in [-0.15, -0.1) is 0 Å². The van der Waals surface area contributed by atoms with Crippen molar-refractivity contribution >= 4 is 16.0 Å². The Morgan fingerprint density at radius 2 is 1.85 bits per heavy atom. The lowest BCUT2D eigenvalue weighted by molar-refractivity contribution is 0.264. The van der Waals surface area contributed by atoms with Gasteiger partial charge in [0, 0.05) is 32.7 Å². The molecule has 2 saturated heterocycles. The van der Waals surface area contributed by atoms with Crippen molar-refractivity contribution in [1.82, 2.24) is 9.21 Å². The highest BCUT2D eigenvalue weighted by Gasteiger charge is 2.29. The zero-order chi connectivity index (χ0) is 18.6. The van der Waals surface area contributed by atoms with Gasteiger partial charge in [-0.1, -0.05) is 25.1 Å². The van der Waals surface area contributed by atoms with E-state index in [1.54, 1.807) is 28.6 Å². The van der Waals surface area contributed by atoms with Crippen LogP contribution in [0.25, 0.3) is 0 Å². The number of hydrogen-bond acceptors (Lipinski definition) is 3. The molecule has 0 radical (unpaired) electrons. The second-order valence-corrected chi connectivity index (χ2v) is 9.49. The first-order valence-corrected chi connectivity index (χ1v) is 11.0. The molecule has 0 saturated carbocycles. The van der Waals surface area contributed by atoms with E-state index in [4.69, 9.17) is 5.73 Å². The van der Waals surface area contributed by atoms with Crippen molar-refractivity contribution in [3.63, 3.8) is 0 Å². The number of piperidine rings is 2. The number of rotatable bonds is 4. The van der Waals surface area contributed by atoms with Gasteiger partial charge in [0.25, 0.3) is 0 Å². The largest absolute Gasteiger partial charge is 0.370 e. The van der Waals surface area contributed by atoms with Gasteiger partial charge in [-0.25, -0.2) is 8.42 Å². The predicted molar refractivity (Wildman–Crippen MR) is 104 cm³/mol. The van der Waals surface area contributed by atoms with E-state index in [1.165, 1.54) is 12.8 Å². The summed E-state index contributed by atoms with van der Waals surface area (Å²) in [5, 5.41) is 0. The van der Waals surface area contributed by atoms with E-state index in [1.807, 2.05) is 6.07 Å². The Morgan fingerprint density at radius 3 is 2.50 bits per heavy atom. The van der Waals surface area contributed by atoms with Crippen LogP contribution >= 0.6 is 0 Å². The van der Waals surface area contributed by atoms with Gasteiger partial charge in [0.1, 0.15) is 0 Å². The number of hydrogen-bond donors (Lipinski definition) is 1. The highest BCUT2D eigenvalue weighted by atomic mass is 32.2. The summed E-state index contributed by atoms with van der Waals surface area (Å²) in [7, 11) is -3.38. The first-order chi connectivity index (χ1) is 12.5. The van der Waals surface area contributed by atoms with Crippen LogP contribution in [0, 0.1) is 11.8 Å². The molecule has 1 aromatic rings. The number of aliphatic imine (C=N–C) groups is 1. The van der Waals surface area contributed by atoms with Crippen LogP contribution in [0.15, 0.2) is 40.2 Å². The van der Waals surface area contributed by atoms with Crippen LogP contribution in [0.2, 0.25) is 0 Å². The molecule has 0 bridgehead atoms. The van der Waals surface area contributed by atoms with E-state index in [9.17, 15) is 8.42 Å². The lowest BCUT2D eigenvalue weighted by Crippen LogP contribution is -2.44. The standard InChI is InChI=1S/C19H30N4O2S/c1-16-6-5-11-22(15-16)19(20)21-14-17-9-12-23(13-10-17)26(24,25)18-7-3-2-4-8-18/h2-4,7-8,16-17H,5-6,9-15H2,1H3,(H2,20,21). The second kappa shape index (κ2) is 8.39. The van der Waals surface area contributed by atoms with Gasteiger partial charge in [-0.3, -0.25) is 4.99 Å². The molecule has 2 heterocycles. The summed E-state index contributed by atoms with van der Waals surface area (Å²) in [5.74, 6) is 1.72. The van der Waals surface area contributed by atoms with Crippen LogP contribution in [-0.2, 0) is 10.0 Å². The van der Waals surface area contributed by atoms with Crippen LogP contribution in [0.4, 0.5) is 0 Å². The van der Waals surface area contributed by atoms with Gasteiger partial charge >= 0.3 is 0 Å². The van der Waals surface area contributed by atoms with E-state index < -0.39 is 10.0 Å². The average Bonchev–Trinajstić information content (AvgIpc) is 2.67. The van der Waals surface area contributed by atoms with Crippen LogP contribution in [0.1, 0.15) is 32.6 Å². The Balaban J connectivity index is 1.52. The van der Waals surface area contributed by atoms with E-state index in [-0.39, 0.29) is 0 Å². The first kappa shape index (κ1) is 19.2. The van der Waals surface area contributed by atoms with E-state index >= 15 is 0 Å². The zero-order valence-corrected chi connectivity index (χ0v) is 16.4. The molecular formula is C19H30N4O2S. The van der Waals surface area contributed by atoms with Crippen LogP contribution < -0.4 is 5.73 Å². The van der Waals surface area contributed by atoms with Gasteiger partial charge in [-0.05, 0) is 49.7 Å². The molecule has 1 atom stereocenters. The van der Waals surface area contributed by atoms with Crippen LogP contribution in [0.5, 0.6) is 0 Å². The van der Waals surface area contributed by atoms with Crippen LogP contribution in [0.3, 0.4) is 0 Å². The fourth-order valence-corrected chi connectivity index (χ4v) is 5.28. The predicted octanol–water partition coefficient (Wildman–Crippen LogP) is 2.13. The maximum atomic E-state index is 12.7. The summed E-state index contributed by atoms with van der Waals surface area (Å²) in [6, 6.07) is 8.67. The Hall–Kier alpha value is -1.60. The number of nitrogens with two attached hydrogens (primary N) is 1. The average molecular weight is 379 g/mol. The lowest BCUT2D eigenvalue weighted by Gasteiger charge is -2.33. The first-order valence-electron chi connectivity index (χ1n) is 9.57. The van der Waals surface area contributed by atoms with Crippen molar-refractivity contribution in [2.75, 3.05) is 32.7 Å². The minimum absolute atomic E-state index is 0.375. The SMILES string of the molecule is CC1CCCN(C(N)=NCC2CCN(S(=O)(=O)c3ccccc3)CC2)C1. The fraction of sp³-hybridized carbons (Fsp3) is 0.632. The van der Waals surface area contributed by atoms with Crippen molar-refractivity contribution < 1.29 is 8.42 Å². The maximum Gasteiger partial charge on any atom is 0.243 e. The molecule has 3 rings (SSSR count). The molecule has 0 aromatic heterocycles. The lowest BCUT2D eigenvalue weighted by atomic mass is 9.98. The molecule has 1 unspecified atom stereocenters. The minimum atomic E-state index is -3.38. The molecule has 2 aliphatic heterocycles. The summed E-state index contributed by atoms with van der Waals surface area (Å²) in [6.07, 6.45) is 4.10. The second-order valence-electron chi connectivity index (χ2n) is 7.55. The van der Waals surface area contributed by atoms with E-state index in [0.717, 1.165) is 25.9 Å². The van der Waals surface area contributed by atoms with Gasteiger partial charge in [0.05, 0.1) is 4.90 Å². The molecule has 7 heteroatoms. The summed E-state index contributed by atoms with van der Waals surface area (Å²) < 4.78 is 26.9. The Kier molecular flexibility index (Phi) is 6.19. The third-order valence-corrected chi connectivity index (χ3v) is 7.36. The quantitative estimate of drug-likeness (QED) is 0.643. The summed E-state index contributed by atoms with van der Waals surface area (Å²) in [6.45, 7) is 6.03. The Bertz CT molecular complexity index is 712. The molecule has 26 heavy (non-hydrogen) atoms. The highest BCUT2D eigenvalue weighted by Crippen LogP contribution is 2.24. The number of nitrogens with zero attached hydrogens (tertiary/aromatic N) is 3. The smallest absolute Gasteiger partial charge is 0.243 e.